The van der Waals surface area contributed by atoms with E-state index in [-0.39, 0.29) is 5.91 Å². The maximum Gasteiger partial charge on any atom is 0.266 e. The summed E-state index contributed by atoms with van der Waals surface area (Å²) in [6.07, 6.45) is 3.33. The molecule has 0 atom stereocenters. The molecule has 1 saturated heterocycles. The van der Waals surface area contributed by atoms with E-state index in [0.717, 1.165) is 0 Å². The highest BCUT2D eigenvalue weighted by Crippen LogP contribution is 2.36. The van der Waals surface area contributed by atoms with Gasteiger partial charge in [0, 0.05) is 12.6 Å². The van der Waals surface area contributed by atoms with Crippen molar-refractivity contribution in [1.29, 1.82) is 0 Å². The third-order valence-corrected chi connectivity index (χ3v) is 4.65. The molecule has 1 amide bonds. The first-order valence-electron chi connectivity index (χ1n) is 7.62. The number of hydrogen-bond acceptors (Lipinski definition) is 4. The number of carbonyl (C=O) groups is 1. The SMILES string of the molecule is CC(C)CN1C(=O)/C(=C\c2ccco2)SC1=Nc1ccccc1Cl. The van der Waals surface area contributed by atoms with Gasteiger partial charge in [-0.2, -0.15) is 0 Å². The summed E-state index contributed by atoms with van der Waals surface area (Å²) in [7, 11) is 0. The fourth-order valence-corrected chi connectivity index (χ4v) is 3.42. The van der Waals surface area contributed by atoms with Crippen LogP contribution in [0.25, 0.3) is 6.08 Å². The first kappa shape index (κ1) is 16.9. The number of carbonyl (C=O) groups excluding carboxylic acids is 1. The Kier molecular flexibility index (Phi) is 5.11. The first-order chi connectivity index (χ1) is 11.5. The van der Waals surface area contributed by atoms with Gasteiger partial charge in [0.25, 0.3) is 5.91 Å². The van der Waals surface area contributed by atoms with Crippen molar-refractivity contribution in [1.82, 2.24) is 4.90 Å². The van der Waals surface area contributed by atoms with Gasteiger partial charge in [0.05, 0.1) is 21.9 Å². The minimum Gasteiger partial charge on any atom is -0.465 e. The zero-order chi connectivity index (χ0) is 17.1. The number of aliphatic imine (C=N–C) groups is 1. The molecule has 3 rings (SSSR count). The van der Waals surface area contributed by atoms with Gasteiger partial charge in [-0.05, 0) is 41.9 Å². The lowest BCUT2D eigenvalue weighted by Gasteiger charge is -2.17. The van der Waals surface area contributed by atoms with E-state index in [4.69, 9.17) is 16.0 Å². The molecular weight excluding hydrogens is 344 g/mol. The Morgan fingerprint density at radius 3 is 2.75 bits per heavy atom. The third kappa shape index (κ3) is 3.74. The van der Waals surface area contributed by atoms with Gasteiger partial charge in [-0.3, -0.25) is 9.69 Å². The van der Waals surface area contributed by atoms with Crippen molar-refractivity contribution >= 4 is 46.2 Å². The molecule has 24 heavy (non-hydrogen) atoms. The lowest BCUT2D eigenvalue weighted by Crippen LogP contribution is -2.32. The van der Waals surface area contributed by atoms with E-state index in [0.29, 0.717) is 39.0 Å². The molecule has 0 radical (unpaired) electrons. The van der Waals surface area contributed by atoms with Crippen LogP contribution in [0.15, 0.2) is 57.0 Å². The Bertz CT molecular complexity index is 797. The number of amidine groups is 1. The molecule has 0 bridgehead atoms. The van der Waals surface area contributed by atoms with Crippen molar-refractivity contribution in [3.63, 3.8) is 0 Å². The second-order valence-corrected chi connectivity index (χ2v) is 7.20. The molecule has 2 aromatic rings. The van der Waals surface area contributed by atoms with Crippen LogP contribution in [-0.4, -0.2) is 22.5 Å². The van der Waals surface area contributed by atoms with E-state index < -0.39 is 0 Å². The Hall–Kier alpha value is -1.98. The van der Waals surface area contributed by atoms with Crippen LogP contribution in [0.3, 0.4) is 0 Å². The van der Waals surface area contributed by atoms with Crippen molar-refractivity contribution in [2.24, 2.45) is 10.9 Å². The van der Waals surface area contributed by atoms with E-state index >= 15 is 0 Å². The maximum atomic E-state index is 12.7. The molecule has 0 spiro atoms. The van der Waals surface area contributed by atoms with E-state index in [1.54, 1.807) is 29.4 Å². The number of benzene rings is 1. The Labute approximate surface area is 150 Å². The molecule has 4 nitrogen and oxygen atoms in total. The smallest absolute Gasteiger partial charge is 0.266 e. The van der Waals surface area contributed by atoms with E-state index in [2.05, 4.69) is 18.8 Å². The van der Waals surface area contributed by atoms with Gasteiger partial charge in [-0.25, -0.2) is 4.99 Å². The summed E-state index contributed by atoms with van der Waals surface area (Å²) in [5, 5.41) is 1.20. The van der Waals surface area contributed by atoms with Crippen molar-refractivity contribution < 1.29 is 9.21 Å². The summed E-state index contributed by atoms with van der Waals surface area (Å²) in [4.78, 5) is 19.6. The van der Waals surface area contributed by atoms with Gasteiger partial charge < -0.3 is 4.42 Å². The number of nitrogens with zero attached hydrogens (tertiary/aromatic N) is 2. The lowest BCUT2D eigenvalue weighted by atomic mass is 10.2. The van der Waals surface area contributed by atoms with Crippen molar-refractivity contribution in [2.75, 3.05) is 6.54 Å². The zero-order valence-corrected chi connectivity index (χ0v) is 15.0. The summed E-state index contributed by atoms with van der Waals surface area (Å²) in [5.74, 6) is 0.916. The summed E-state index contributed by atoms with van der Waals surface area (Å²) in [6, 6.07) is 11.0. The molecule has 0 aliphatic carbocycles. The number of halogens is 1. The average molecular weight is 361 g/mol. The van der Waals surface area contributed by atoms with E-state index in [9.17, 15) is 4.79 Å². The quantitative estimate of drug-likeness (QED) is 0.704. The third-order valence-electron chi connectivity index (χ3n) is 3.32. The standard InChI is InChI=1S/C18H17ClN2O2S/c1-12(2)11-21-17(22)16(10-13-6-5-9-23-13)24-18(21)20-15-8-4-3-7-14(15)19/h3-10,12H,11H2,1-2H3/b16-10+,20-18?. The Balaban J connectivity index is 1.97. The fourth-order valence-electron chi connectivity index (χ4n) is 2.27. The van der Waals surface area contributed by atoms with Crippen molar-refractivity contribution in [3.05, 3.63) is 58.3 Å². The molecule has 0 N–H and O–H groups in total. The largest absolute Gasteiger partial charge is 0.465 e. The topological polar surface area (TPSA) is 45.8 Å². The minimum atomic E-state index is -0.0593. The highest BCUT2D eigenvalue weighted by Gasteiger charge is 2.34. The molecule has 1 aliphatic rings. The molecule has 1 aliphatic heterocycles. The fraction of sp³-hybridized carbons (Fsp3) is 0.222. The highest BCUT2D eigenvalue weighted by atomic mass is 35.5. The summed E-state index contributed by atoms with van der Waals surface area (Å²) < 4.78 is 5.31. The maximum absolute atomic E-state index is 12.7. The molecule has 6 heteroatoms. The number of rotatable bonds is 4. The van der Waals surface area contributed by atoms with Gasteiger partial charge >= 0.3 is 0 Å². The van der Waals surface area contributed by atoms with Crippen molar-refractivity contribution in [2.45, 2.75) is 13.8 Å². The predicted molar refractivity (Wildman–Crippen MR) is 99.4 cm³/mol. The first-order valence-corrected chi connectivity index (χ1v) is 8.82. The number of amides is 1. The van der Waals surface area contributed by atoms with Crippen LogP contribution in [0, 0.1) is 5.92 Å². The Morgan fingerprint density at radius 1 is 1.29 bits per heavy atom. The van der Waals surface area contributed by atoms with Gasteiger partial charge in [-0.1, -0.05) is 37.6 Å². The molecule has 124 valence electrons. The molecule has 0 unspecified atom stereocenters. The summed E-state index contributed by atoms with van der Waals surface area (Å²) in [6.45, 7) is 4.74. The van der Waals surface area contributed by atoms with Crippen molar-refractivity contribution in [3.8, 4) is 0 Å². The molecule has 1 aromatic heterocycles. The van der Waals surface area contributed by atoms with Gasteiger partial charge in [0.15, 0.2) is 5.17 Å². The molecule has 0 saturated carbocycles. The number of hydrogen-bond donors (Lipinski definition) is 0. The molecule has 1 aromatic carbocycles. The van der Waals surface area contributed by atoms with Crippen LogP contribution in [0.2, 0.25) is 5.02 Å². The van der Waals surface area contributed by atoms with Crippen LogP contribution in [0.5, 0.6) is 0 Å². The number of thioether (sulfide) groups is 1. The van der Waals surface area contributed by atoms with Crippen LogP contribution in [-0.2, 0) is 4.79 Å². The van der Waals surface area contributed by atoms with E-state index in [1.165, 1.54) is 11.8 Å². The summed E-state index contributed by atoms with van der Waals surface area (Å²) in [5.41, 5.74) is 0.655. The Morgan fingerprint density at radius 2 is 2.08 bits per heavy atom. The molecule has 1 fully saturated rings. The monoisotopic (exact) mass is 360 g/mol. The van der Waals surface area contributed by atoms with Gasteiger partial charge in [-0.15, -0.1) is 0 Å². The number of para-hydroxylation sites is 1. The van der Waals surface area contributed by atoms with Crippen LogP contribution in [0.4, 0.5) is 5.69 Å². The second-order valence-electron chi connectivity index (χ2n) is 5.78. The lowest BCUT2D eigenvalue weighted by molar-refractivity contribution is -0.122. The van der Waals surface area contributed by atoms with Crippen LogP contribution >= 0.6 is 23.4 Å². The van der Waals surface area contributed by atoms with E-state index in [1.807, 2.05) is 24.3 Å². The highest BCUT2D eigenvalue weighted by molar-refractivity contribution is 8.18. The second kappa shape index (κ2) is 7.28. The zero-order valence-electron chi connectivity index (χ0n) is 13.4. The van der Waals surface area contributed by atoms with Gasteiger partial charge in [0.2, 0.25) is 0 Å². The minimum absolute atomic E-state index is 0.0593. The van der Waals surface area contributed by atoms with Gasteiger partial charge in [0.1, 0.15) is 5.76 Å². The van der Waals surface area contributed by atoms with Crippen LogP contribution in [0.1, 0.15) is 19.6 Å². The molecular formula is C18H17ClN2O2S. The number of furan rings is 1. The average Bonchev–Trinajstić information content (AvgIpc) is 3.14. The molecule has 2 heterocycles. The van der Waals surface area contributed by atoms with Crippen LogP contribution < -0.4 is 0 Å². The normalized spacial score (nSPS) is 18.3. The summed E-state index contributed by atoms with van der Waals surface area (Å²) >= 11 is 7.53. The predicted octanol–water partition coefficient (Wildman–Crippen LogP) is 5.19.